The molecule has 3 aliphatic heterocycles. The SMILES string of the molecule is CC1(C)C2=[N+](CCCCCC(=O)NCC(CCCCCC(=O)O)CNC(=O)CCCCCC3(C)/C(=C/C=C2)N(CCCS(=O)(=O)O)c2ccc(S(=O)(=O)O)cc23)c2ccc(SOOO)cc21. The minimum atomic E-state index is -4.59. The van der Waals surface area contributed by atoms with Crippen molar-refractivity contribution in [2.45, 2.75) is 138 Å². The van der Waals surface area contributed by atoms with Crippen molar-refractivity contribution in [2.75, 3.05) is 36.8 Å². The van der Waals surface area contributed by atoms with Gasteiger partial charge in [-0.2, -0.15) is 21.4 Å². The third-order valence-corrected chi connectivity index (χ3v) is 15.1. The van der Waals surface area contributed by atoms with Crippen molar-refractivity contribution in [1.29, 1.82) is 0 Å². The Bertz CT molecular complexity index is 2380. The Balaban J connectivity index is 1.52. The third kappa shape index (κ3) is 14.4. The molecule has 0 saturated carbocycles. The molecule has 66 heavy (non-hydrogen) atoms. The number of unbranched alkanes of at least 4 members (excludes halogenated alkanes) is 2. The van der Waals surface area contributed by atoms with Gasteiger partial charge >= 0.3 is 5.97 Å². The number of rotatable bonds is 14. The van der Waals surface area contributed by atoms with Crippen molar-refractivity contribution >= 4 is 67.1 Å². The summed E-state index contributed by atoms with van der Waals surface area (Å²) in [4.78, 5) is 39.5. The molecular weight excluding hydrogens is 913 g/mol. The zero-order valence-corrected chi connectivity index (χ0v) is 40.4. The summed E-state index contributed by atoms with van der Waals surface area (Å²) >= 11 is 0.865. The number of carbonyl (C=O) groups excluding carboxylic acids is 2. The molecule has 5 rings (SSSR count). The van der Waals surface area contributed by atoms with Gasteiger partial charge in [0.15, 0.2) is 5.71 Å². The minimum Gasteiger partial charge on any atom is -0.481 e. The summed E-state index contributed by atoms with van der Waals surface area (Å²) in [5, 5.41) is 27.8. The lowest BCUT2D eigenvalue weighted by molar-refractivity contribution is -0.438. The molecule has 2 unspecified atom stereocenters. The van der Waals surface area contributed by atoms with Crippen LogP contribution in [0.4, 0.5) is 11.4 Å². The van der Waals surface area contributed by atoms with E-state index in [9.17, 15) is 40.3 Å². The molecule has 2 amide bonds. The fraction of sp³-hybridized carbons (Fsp3) is 0.565. The number of allylic oxidation sites excluding steroid dienone is 4. The Kier molecular flexibility index (Phi) is 19.0. The van der Waals surface area contributed by atoms with Crippen LogP contribution in [-0.4, -0.2) is 96.3 Å². The van der Waals surface area contributed by atoms with Crippen molar-refractivity contribution in [3.05, 3.63) is 71.5 Å². The Labute approximate surface area is 392 Å². The first-order valence-electron chi connectivity index (χ1n) is 22.7. The second-order valence-corrected chi connectivity index (χ2v) is 21.9. The second kappa shape index (κ2) is 23.7. The van der Waals surface area contributed by atoms with Crippen molar-refractivity contribution in [2.24, 2.45) is 5.92 Å². The highest BCUT2D eigenvalue weighted by Gasteiger charge is 2.46. The van der Waals surface area contributed by atoms with Gasteiger partial charge in [0.1, 0.15) is 6.54 Å². The fourth-order valence-electron chi connectivity index (χ4n) is 9.36. The monoisotopic (exact) mass is 977 g/mol. The molecule has 0 fully saturated rings. The predicted octanol–water partition coefficient (Wildman–Crippen LogP) is 7.64. The Morgan fingerprint density at radius 1 is 0.879 bits per heavy atom. The maximum absolute atomic E-state index is 13.1. The van der Waals surface area contributed by atoms with Crippen LogP contribution < -0.4 is 15.5 Å². The van der Waals surface area contributed by atoms with E-state index in [1.54, 1.807) is 6.07 Å². The first kappa shape index (κ1) is 52.8. The number of aliphatic carboxylic acids is 1. The van der Waals surface area contributed by atoms with E-state index in [-0.39, 0.29) is 48.4 Å². The van der Waals surface area contributed by atoms with Crippen LogP contribution in [0.15, 0.2) is 70.1 Å². The average Bonchev–Trinajstić information content (AvgIpc) is 3.60. The van der Waals surface area contributed by atoms with Crippen LogP contribution in [0.1, 0.15) is 128 Å². The summed E-state index contributed by atoms with van der Waals surface area (Å²) in [5.74, 6) is -1.55. The lowest BCUT2D eigenvalue weighted by atomic mass is 9.77. The number of fused-ring (bicyclic) bond motifs is 5. The summed E-state index contributed by atoms with van der Waals surface area (Å²) in [6.07, 6.45) is 14.0. The van der Waals surface area contributed by atoms with Gasteiger partial charge in [-0.1, -0.05) is 36.8 Å². The van der Waals surface area contributed by atoms with Crippen molar-refractivity contribution in [3.63, 3.8) is 0 Å². The smallest absolute Gasteiger partial charge is 0.303 e. The van der Waals surface area contributed by atoms with Crippen molar-refractivity contribution in [1.82, 2.24) is 10.6 Å². The molecule has 2 aromatic rings. The predicted molar refractivity (Wildman–Crippen MR) is 251 cm³/mol. The van der Waals surface area contributed by atoms with E-state index < -0.39 is 42.8 Å². The number of hydrogen-bond acceptors (Lipinski definition) is 12. The summed E-state index contributed by atoms with van der Waals surface area (Å²) in [7, 11) is -8.88. The molecule has 17 nitrogen and oxygen atoms in total. The van der Waals surface area contributed by atoms with E-state index in [2.05, 4.69) is 34.1 Å². The molecule has 3 aliphatic rings. The number of carboxylic acid groups (broad SMARTS) is 1. The quantitative estimate of drug-likeness (QED) is 0.0266. The van der Waals surface area contributed by atoms with E-state index >= 15 is 0 Å². The maximum atomic E-state index is 13.1. The largest absolute Gasteiger partial charge is 0.481 e. The van der Waals surface area contributed by atoms with E-state index in [0.29, 0.717) is 87.1 Å². The number of carboxylic acids is 1. The molecule has 0 radical (unpaired) electrons. The highest BCUT2D eigenvalue weighted by atomic mass is 32.2. The van der Waals surface area contributed by atoms with E-state index in [0.717, 1.165) is 60.4 Å². The Morgan fingerprint density at radius 2 is 1.58 bits per heavy atom. The van der Waals surface area contributed by atoms with Gasteiger partial charge in [-0.05, 0) is 114 Å². The first-order chi connectivity index (χ1) is 31.2. The van der Waals surface area contributed by atoms with Crippen molar-refractivity contribution < 1.29 is 64.6 Å². The third-order valence-electron chi connectivity index (χ3n) is 12.9. The van der Waals surface area contributed by atoms with Gasteiger partial charge in [0.2, 0.25) is 17.5 Å². The molecule has 364 valence electrons. The van der Waals surface area contributed by atoms with Crippen LogP contribution in [0.2, 0.25) is 0 Å². The molecule has 0 aliphatic carbocycles. The average molecular weight is 978 g/mol. The van der Waals surface area contributed by atoms with Gasteiger partial charge in [0.05, 0.1) is 28.1 Å². The summed E-state index contributed by atoms with van der Waals surface area (Å²) in [5.41, 5.74) is 3.61. The molecule has 0 bridgehead atoms. The lowest BCUT2D eigenvalue weighted by Crippen LogP contribution is -2.36. The minimum absolute atomic E-state index is 0.0313. The molecule has 0 spiro atoms. The molecule has 6 N–H and O–H groups in total. The van der Waals surface area contributed by atoms with Gasteiger partial charge in [-0.3, -0.25) is 23.5 Å². The fourth-order valence-corrected chi connectivity index (χ4v) is 10.8. The molecule has 2 atom stereocenters. The van der Waals surface area contributed by atoms with E-state index in [4.69, 9.17) is 14.7 Å². The van der Waals surface area contributed by atoms with E-state index in [1.165, 1.54) is 12.1 Å². The molecule has 0 aromatic heterocycles. The Hall–Kier alpha value is -4.15. The number of amides is 2. The maximum Gasteiger partial charge on any atom is 0.303 e. The first-order valence-corrected chi connectivity index (χ1v) is 26.5. The molecule has 2 aromatic carbocycles. The number of carbonyl (C=O) groups is 3. The van der Waals surface area contributed by atoms with Crippen LogP contribution in [0.25, 0.3) is 0 Å². The number of benzene rings is 2. The highest BCUT2D eigenvalue weighted by molar-refractivity contribution is 7.94. The van der Waals surface area contributed by atoms with Gasteiger partial charge in [0, 0.05) is 84.7 Å². The van der Waals surface area contributed by atoms with Crippen LogP contribution in [0.3, 0.4) is 0 Å². The van der Waals surface area contributed by atoms with Crippen LogP contribution >= 0.6 is 12.0 Å². The summed E-state index contributed by atoms with van der Waals surface area (Å²) < 4.78 is 75.5. The molecular formula is C46H65N4O13S3+. The van der Waals surface area contributed by atoms with Crippen LogP contribution in [0, 0.1) is 5.92 Å². The van der Waals surface area contributed by atoms with Gasteiger partial charge in [0.25, 0.3) is 20.2 Å². The summed E-state index contributed by atoms with van der Waals surface area (Å²) in [6.45, 7) is 7.76. The number of anilines is 1. The zero-order valence-electron chi connectivity index (χ0n) is 38.0. The topological polar surface area (TPSA) is 249 Å². The van der Waals surface area contributed by atoms with Crippen LogP contribution in [0.5, 0.6) is 0 Å². The Morgan fingerprint density at radius 3 is 2.23 bits per heavy atom. The normalized spacial score (nSPS) is 22.2. The summed E-state index contributed by atoms with van der Waals surface area (Å²) in [6, 6.07) is 10.2. The van der Waals surface area contributed by atoms with E-state index in [1.807, 2.05) is 48.3 Å². The van der Waals surface area contributed by atoms with Gasteiger partial charge in [-0.15, -0.1) is 4.33 Å². The number of nitrogens with one attached hydrogen (secondary N) is 2. The number of hydrogen-bond donors (Lipinski definition) is 6. The zero-order chi connectivity index (χ0) is 48.1. The van der Waals surface area contributed by atoms with Gasteiger partial charge < -0.3 is 20.6 Å². The molecule has 0 saturated heterocycles. The van der Waals surface area contributed by atoms with Crippen molar-refractivity contribution in [3.8, 4) is 0 Å². The van der Waals surface area contributed by atoms with Crippen LogP contribution in [-0.2, 0) is 54.8 Å². The number of nitrogens with zero attached hydrogens (tertiary/aromatic N) is 2. The molecule has 20 heteroatoms. The molecule has 3 heterocycles. The standard InChI is InChI=1S/C46H64N4O13S3/c1-45(2)36-29-34(64-63-62-55)21-23-38(36)49-26-12-6-9-19-43(52)48-32-33(15-7-4-10-20-44(53)54)31-47-42(51)18-8-5-11-25-46(3)37-30-35(66(59,60)61)22-24-39(37)50(27-14-28-65(56,57)58)41(46)17-13-16-40(45)49/h13,16-17,21-24,29-30,33H,4-12,14-15,18-20,25-28,31-32H2,1-3H3,(H5-,47,48,51,52,53,54,55,56,57,58,59,60,61)/p+1. The highest BCUT2D eigenvalue weighted by Crippen LogP contribution is 2.52. The second-order valence-electron chi connectivity index (χ2n) is 18.1. The lowest BCUT2D eigenvalue weighted by Gasteiger charge is -2.30. The van der Waals surface area contributed by atoms with Gasteiger partial charge in [-0.25, -0.2) is 5.26 Å².